The number of nitrogens with zero attached hydrogens (tertiary/aromatic N) is 1. The van der Waals surface area contributed by atoms with Crippen molar-refractivity contribution in [2.24, 2.45) is 0 Å². The smallest absolute Gasteiger partial charge is 0.243 e. The van der Waals surface area contributed by atoms with Crippen molar-refractivity contribution in [1.82, 2.24) is 4.31 Å². The predicted molar refractivity (Wildman–Crippen MR) is 122 cm³/mol. The highest BCUT2D eigenvalue weighted by Gasteiger charge is 2.28. The number of ether oxygens (including phenoxy) is 1. The molecule has 0 atom stereocenters. The van der Waals surface area contributed by atoms with Crippen molar-refractivity contribution in [3.05, 3.63) is 89.0 Å². The third kappa shape index (κ3) is 6.07. The van der Waals surface area contributed by atoms with Crippen LogP contribution in [0.15, 0.2) is 71.6 Å². The molecule has 33 heavy (non-hydrogen) atoms. The van der Waals surface area contributed by atoms with Crippen LogP contribution in [0.2, 0.25) is 5.02 Å². The van der Waals surface area contributed by atoms with Gasteiger partial charge >= 0.3 is 0 Å². The Labute approximate surface area is 195 Å². The van der Waals surface area contributed by atoms with Crippen LogP contribution in [-0.2, 0) is 21.2 Å². The van der Waals surface area contributed by atoms with Crippen LogP contribution in [0.4, 0.5) is 14.5 Å². The molecule has 0 aliphatic heterocycles. The van der Waals surface area contributed by atoms with E-state index in [9.17, 15) is 22.0 Å². The van der Waals surface area contributed by atoms with E-state index in [1.54, 1.807) is 0 Å². The summed E-state index contributed by atoms with van der Waals surface area (Å²) in [6.07, 6.45) is 0.311. The fraction of sp³-hybridized carbons (Fsp3) is 0.174. The first-order chi connectivity index (χ1) is 15.7. The van der Waals surface area contributed by atoms with Crippen molar-refractivity contribution in [3.63, 3.8) is 0 Å². The standard InChI is InChI=1S/C23H21ClF2N2O4S/c1-32-21-11-10-17(14-18(21)24)33(30,31)28(13-12-16-6-3-2-4-7-16)15-22(29)27-23-19(25)8-5-9-20(23)26/h2-11,14H,12-13,15H2,1H3,(H,27,29). The zero-order valence-corrected chi connectivity index (χ0v) is 19.2. The van der Waals surface area contributed by atoms with Crippen LogP contribution >= 0.6 is 11.6 Å². The van der Waals surface area contributed by atoms with Gasteiger partial charge in [-0.15, -0.1) is 0 Å². The van der Waals surface area contributed by atoms with E-state index in [2.05, 4.69) is 5.32 Å². The van der Waals surface area contributed by atoms with Crippen LogP contribution < -0.4 is 10.1 Å². The molecule has 1 amide bonds. The molecule has 0 bridgehead atoms. The van der Waals surface area contributed by atoms with Gasteiger partial charge in [-0.3, -0.25) is 4.79 Å². The minimum atomic E-state index is -4.18. The molecule has 3 rings (SSSR count). The molecular weight excluding hydrogens is 474 g/mol. The fourth-order valence-electron chi connectivity index (χ4n) is 3.10. The van der Waals surface area contributed by atoms with Gasteiger partial charge in [-0.05, 0) is 42.3 Å². The van der Waals surface area contributed by atoms with Crippen LogP contribution in [0.5, 0.6) is 5.75 Å². The van der Waals surface area contributed by atoms with Gasteiger partial charge in [0.25, 0.3) is 0 Å². The van der Waals surface area contributed by atoms with Gasteiger partial charge in [0, 0.05) is 6.54 Å². The number of anilines is 1. The summed E-state index contributed by atoms with van der Waals surface area (Å²) >= 11 is 6.09. The van der Waals surface area contributed by atoms with Crippen molar-refractivity contribution < 1.29 is 26.7 Å². The number of methoxy groups -OCH3 is 1. The average Bonchev–Trinajstić information content (AvgIpc) is 2.79. The molecule has 1 N–H and O–H groups in total. The number of sulfonamides is 1. The number of amides is 1. The van der Waals surface area contributed by atoms with Crippen LogP contribution in [0.25, 0.3) is 0 Å². The number of carbonyl (C=O) groups excluding carboxylic acids is 1. The number of halogens is 3. The Kier molecular flexibility index (Phi) is 8.01. The van der Waals surface area contributed by atoms with Gasteiger partial charge in [-0.1, -0.05) is 48.0 Å². The van der Waals surface area contributed by atoms with E-state index in [4.69, 9.17) is 16.3 Å². The summed E-state index contributed by atoms with van der Waals surface area (Å²) in [4.78, 5) is 12.4. The van der Waals surface area contributed by atoms with Gasteiger partial charge in [0.1, 0.15) is 23.1 Å². The van der Waals surface area contributed by atoms with Crippen molar-refractivity contribution in [3.8, 4) is 5.75 Å². The molecule has 0 spiro atoms. The number of hydrogen-bond donors (Lipinski definition) is 1. The van der Waals surface area contributed by atoms with E-state index in [0.29, 0.717) is 12.2 Å². The lowest BCUT2D eigenvalue weighted by molar-refractivity contribution is -0.116. The molecule has 0 heterocycles. The highest BCUT2D eigenvalue weighted by atomic mass is 35.5. The third-order valence-electron chi connectivity index (χ3n) is 4.80. The topological polar surface area (TPSA) is 75.7 Å². The Bertz CT molecular complexity index is 1220. The monoisotopic (exact) mass is 494 g/mol. The number of benzene rings is 3. The van der Waals surface area contributed by atoms with Gasteiger partial charge in [-0.25, -0.2) is 17.2 Å². The Morgan fingerprint density at radius 1 is 1.03 bits per heavy atom. The Hall–Kier alpha value is -3.01. The predicted octanol–water partition coefficient (Wildman–Crippen LogP) is 4.50. The average molecular weight is 495 g/mol. The minimum Gasteiger partial charge on any atom is -0.495 e. The van der Waals surface area contributed by atoms with Crippen molar-refractivity contribution in [1.29, 1.82) is 0 Å². The molecule has 0 radical (unpaired) electrons. The quantitative estimate of drug-likeness (QED) is 0.475. The fourth-order valence-corrected chi connectivity index (χ4v) is 4.84. The second kappa shape index (κ2) is 10.7. The van der Waals surface area contributed by atoms with Crippen LogP contribution in [-0.4, -0.2) is 38.8 Å². The molecule has 0 fully saturated rings. The summed E-state index contributed by atoms with van der Waals surface area (Å²) in [6.45, 7) is -0.713. The molecule has 0 saturated heterocycles. The summed E-state index contributed by atoms with van der Waals surface area (Å²) < 4.78 is 60.5. The number of rotatable bonds is 9. The largest absolute Gasteiger partial charge is 0.495 e. The Morgan fingerprint density at radius 3 is 2.30 bits per heavy atom. The maximum atomic E-state index is 13.9. The molecule has 0 unspecified atom stereocenters. The first-order valence-corrected chi connectivity index (χ1v) is 11.7. The summed E-state index contributed by atoms with van der Waals surface area (Å²) in [5.74, 6) is -2.54. The zero-order chi connectivity index (χ0) is 24.0. The maximum absolute atomic E-state index is 13.9. The van der Waals surface area contributed by atoms with Crippen molar-refractivity contribution in [2.45, 2.75) is 11.3 Å². The molecule has 0 aliphatic carbocycles. The van der Waals surface area contributed by atoms with Crippen molar-refractivity contribution in [2.75, 3.05) is 25.5 Å². The second-order valence-corrected chi connectivity index (χ2v) is 9.36. The molecule has 0 aromatic heterocycles. The summed E-state index contributed by atoms with van der Waals surface area (Å²) in [6, 6.07) is 16.2. The Morgan fingerprint density at radius 2 is 1.70 bits per heavy atom. The number of para-hydroxylation sites is 1. The second-order valence-electron chi connectivity index (χ2n) is 7.02. The van der Waals surface area contributed by atoms with Gasteiger partial charge in [0.2, 0.25) is 15.9 Å². The number of nitrogens with one attached hydrogen (secondary N) is 1. The first-order valence-electron chi connectivity index (χ1n) is 9.84. The van der Waals surface area contributed by atoms with Crippen molar-refractivity contribution >= 4 is 33.2 Å². The summed E-state index contributed by atoms with van der Waals surface area (Å²) in [5, 5.41) is 2.20. The Balaban J connectivity index is 1.88. The minimum absolute atomic E-state index is 0.0524. The zero-order valence-electron chi connectivity index (χ0n) is 17.6. The van der Waals surface area contributed by atoms with Crippen LogP contribution in [0, 0.1) is 11.6 Å². The lowest BCUT2D eigenvalue weighted by Crippen LogP contribution is -2.39. The van der Waals surface area contributed by atoms with E-state index < -0.39 is 39.8 Å². The van der Waals surface area contributed by atoms with Crippen LogP contribution in [0.3, 0.4) is 0 Å². The lowest BCUT2D eigenvalue weighted by Gasteiger charge is -2.22. The molecule has 0 aliphatic rings. The van der Waals surface area contributed by atoms with Gasteiger partial charge in [-0.2, -0.15) is 4.31 Å². The molecule has 10 heteroatoms. The maximum Gasteiger partial charge on any atom is 0.243 e. The molecule has 0 saturated carbocycles. The highest BCUT2D eigenvalue weighted by molar-refractivity contribution is 7.89. The van der Waals surface area contributed by atoms with E-state index >= 15 is 0 Å². The number of carbonyl (C=O) groups is 1. The van der Waals surface area contributed by atoms with Crippen LogP contribution in [0.1, 0.15) is 5.56 Å². The third-order valence-corrected chi connectivity index (χ3v) is 6.94. The van der Waals surface area contributed by atoms with E-state index in [1.807, 2.05) is 30.3 Å². The van der Waals surface area contributed by atoms with E-state index in [-0.39, 0.29) is 16.5 Å². The summed E-state index contributed by atoms with van der Waals surface area (Å²) in [5.41, 5.74) is 0.210. The summed E-state index contributed by atoms with van der Waals surface area (Å²) in [7, 11) is -2.78. The lowest BCUT2D eigenvalue weighted by atomic mass is 10.1. The normalized spacial score (nSPS) is 11.4. The van der Waals surface area contributed by atoms with Gasteiger partial charge in [0.05, 0.1) is 23.6 Å². The number of hydrogen-bond acceptors (Lipinski definition) is 4. The molecule has 174 valence electrons. The molecule has 3 aromatic rings. The highest BCUT2D eigenvalue weighted by Crippen LogP contribution is 2.28. The SMILES string of the molecule is COc1ccc(S(=O)(=O)N(CCc2ccccc2)CC(=O)Nc2c(F)cccc2F)cc1Cl. The van der Waals surface area contributed by atoms with E-state index in [0.717, 1.165) is 28.1 Å². The first kappa shape index (κ1) is 24.6. The molecular formula is C23H21ClF2N2O4S. The molecule has 6 nitrogen and oxygen atoms in total. The molecule has 3 aromatic carbocycles. The van der Waals surface area contributed by atoms with Gasteiger partial charge < -0.3 is 10.1 Å². The van der Waals surface area contributed by atoms with Gasteiger partial charge in [0.15, 0.2) is 0 Å². The van der Waals surface area contributed by atoms with E-state index in [1.165, 1.54) is 25.3 Å².